The third kappa shape index (κ3) is 5.68. The first kappa shape index (κ1) is 22.2. The van der Waals surface area contributed by atoms with Crippen LogP contribution in [0.25, 0.3) is 0 Å². The van der Waals surface area contributed by atoms with E-state index in [9.17, 15) is 18.0 Å². The second-order valence-corrected chi connectivity index (χ2v) is 8.78. The van der Waals surface area contributed by atoms with Gasteiger partial charge in [-0.2, -0.15) is 4.31 Å². The highest BCUT2D eigenvalue weighted by Crippen LogP contribution is 2.31. The summed E-state index contributed by atoms with van der Waals surface area (Å²) in [5, 5.41) is 2.57. The number of nitrogens with one attached hydrogen (secondary N) is 1. The van der Waals surface area contributed by atoms with Crippen molar-refractivity contribution in [2.75, 3.05) is 31.6 Å². The van der Waals surface area contributed by atoms with Crippen molar-refractivity contribution < 1.29 is 27.5 Å². The summed E-state index contributed by atoms with van der Waals surface area (Å²) in [6.07, 6.45) is 2.65. The normalized spacial score (nSPS) is 15.3. The number of carbonyl (C=O) groups is 2. The Kier molecular flexibility index (Phi) is 7.82. The maximum atomic E-state index is 13.1. The molecule has 2 rings (SSSR count). The van der Waals surface area contributed by atoms with E-state index >= 15 is 0 Å². The molecule has 1 saturated heterocycles. The number of carbonyl (C=O) groups excluding carboxylic acids is 2. The molecule has 1 aromatic carbocycles. The molecule has 0 unspecified atom stereocenters. The van der Waals surface area contributed by atoms with Gasteiger partial charge < -0.3 is 14.8 Å². The molecular formula is C19H28N2O6S. The molecule has 0 spiro atoms. The monoisotopic (exact) mass is 412 g/mol. The molecule has 156 valence electrons. The Labute approximate surface area is 166 Å². The number of sulfonamides is 1. The molecule has 28 heavy (non-hydrogen) atoms. The summed E-state index contributed by atoms with van der Waals surface area (Å²) in [5.41, 5.74) is 0.296. The van der Waals surface area contributed by atoms with Crippen molar-refractivity contribution in [3.63, 3.8) is 0 Å². The van der Waals surface area contributed by atoms with E-state index in [0.717, 1.165) is 19.3 Å². The van der Waals surface area contributed by atoms with Crippen molar-refractivity contribution in [1.29, 1.82) is 0 Å². The molecule has 1 aliphatic heterocycles. The maximum absolute atomic E-state index is 13.1. The zero-order valence-electron chi connectivity index (χ0n) is 16.6. The van der Waals surface area contributed by atoms with Gasteiger partial charge in [0.05, 0.1) is 12.5 Å². The number of ether oxygens (including phenoxy) is 2. The zero-order chi connectivity index (χ0) is 20.7. The quantitative estimate of drug-likeness (QED) is 0.658. The lowest BCUT2D eigenvalue weighted by Crippen LogP contribution is -2.35. The molecule has 0 bridgehead atoms. The zero-order valence-corrected chi connectivity index (χ0v) is 17.4. The minimum Gasteiger partial charge on any atom is -0.492 e. The smallest absolute Gasteiger partial charge is 0.308 e. The summed E-state index contributed by atoms with van der Waals surface area (Å²) in [5.74, 6) is -1.11. The van der Waals surface area contributed by atoms with E-state index in [-0.39, 0.29) is 16.6 Å². The van der Waals surface area contributed by atoms with Gasteiger partial charge in [0.15, 0.2) is 6.61 Å². The summed E-state index contributed by atoms with van der Waals surface area (Å²) in [6, 6.07) is 4.47. The van der Waals surface area contributed by atoms with E-state index < -0.39 is 28.5 Å². The topological polar surface area (TPSA) is 102 Å². The fourth-order valence-corrected chi connectivity index (χ4v) is 4.48. The van der Waals surface area contributed by atoms with Crippen LogP contribution in [0, 0.1) is 5.92 Å². The Morgan fingerprint density at radius 1 is 1.18 bits per heavy atom. The van der Waals surface area contributed by atoms with Crippen LogP contribution in [-0.2, 0) is 24.3 Å². The van der Waals surface area contributed by atoms with Gasteiger partial charge in [0.1, 0.15) is 10.6 Å². The third-order valence-corrected chi connectivity index (χ3v) is 6.20. The van der Waals surface area contributed by atoms with Gasteiger partial charge in [-0.05, 0) is 38.0 Å². The molecule has 0 saturated carbocycles. The second-order valence-electron chi connectivity index (χ2n) is 6.87. The Morgan fingerprint density at radius 3 is 2.46 bits per heavy atom. The van der Waals surface area contributed by atoms with Crippen molar-refractivity contribution in [2.45, 2.75) is 44.9 Å². The number of anilines is 1. The van der Waals surface area contributed by atoms with Crippen LogP contribution >= 0.6 is 0 Å². The summed E-state index contributed by atoms with van der Waals surface area (Å²) >= 11 is 0. The fraction of sp³-hybridized carbons (Fsp3) is 0.579. The molecule has 1 heterocycles. The second kappa shape index (κ2) is 9.88. The molecule has 1 N–H and O–H groups in total. The predicted molar refractivity (Wildman–Crippen MR) is 105 cm³/mol. The van der Waals surface area contributed by atoms with E-state index in [1.165, 1.54) is 16.4 Å². The van der Waals surface area contributed by atoms with Crippen molar-refractivity contribution in [3.05, 3.63) is 18.2 Å². The summed E-state index contributed by atoms with van der Waals surface area (Å²) < 4.78 is 38.0. The molecule has 1 aliphatic rings. The highest BCUT2D eigenvalue weighted by Gasteiger charge is 2.29. The van der Waals surface area contributed by atoms with E-state index in [1.807, 2.05) is 0 Å². The summed E-state index contributed by atoms with van der Waals surface area (Å²) in [7, 11) is -3.74. The van der Waals surface area contributed by atoms with Gasteiger partial charge in [-0.25, -0.2) is 8.42 Å². The molecule has 1 aromatic rings. The number of benzene rings is 1. The molecular weight excluding hydrogens is 384 g/mol. The van der Waals surface area contributed by atoms with Crippen LogP contribution in [0.3, 0.4) is 0 Å². The minimum absolute atomic E-state index is 0.0215. The molecule has 0 atom stereocenters. The average molecular weight is 413 g/mol. The third-order valence-electron chi connectivity index (χ3n) is 4.28. The van der Waals surface area contributed by atoms with E-state index in [0.29, 0.717) is 25.4 Å². The molecule has 0 radical (unpaired) electrons. The predicted octanol–water partition coefficient (Wildman–Crippen LogP) is 2.40. The van der Waals surface area contributed by atoms with Crippen LogP contribution in [0.2, 0.25) is 0 Å². The van der Waals surface area contributed by atoms with Gasteiger partial charge in [0.25, 0.3) is 5.91 Å². The average Bonchev–Trinajstić information content (AvgIpc) is 2.68. The Hall–Kier alpha value is -2.13. The van der Waals surface area contributed by atoms with Gasteiger partial charge in [0, 0.05) is 18.8 Å². The Bertz CT molecular complexity index is 801. The Morgan fingerprint density at radius 2 is 1.86 bits per heavy atom. The minimum atomic E-state index is -3.74. The maximum Gasteiger partial charge on any atom is 0.308 e. The molecule has 0 aliphatic carbocycles. The van der Waals surface area contributed by atoms with Crippen LogP contribution in [0.4, 0.5) is 5.69 Å². The van der Waals surface area contributed by atoms with Crippen LogP contribution in [0.1, 0.15) is 40.0 Å². The van der Waals surface area contributed by atoms with Crippen LogP contribution in [0.15, 0.2) is 23.1 Å². The summed E-state index contributed by atoms with van der Waals surface area (Å²) in [4.78, 5) is 23.5. The van der Waals surface area contributed by atoms with Crippen LogP contribution < -0.4 is 10.1 Å². The Balaban J connectivity index is 2.20. The van der Waals surface area contributed by atoms with Crippen molar-refractivity contribution in [2.24, 2.45) is 5.92 Å². The molecule has 0 aromatic heterocycles. The van der Waals surface area contributed by atoms with Gasteiger partial charge in [0.2, 0.25) is 10.0 Å². The highest BCUT2D eigenvalue weighted by atomic mass is 32.2. The van der Waals surface area contributed by atoms with E-state index in [4.69, 9.17) is 9.47 Å². The van der Waals surface area contributed by atoms with Gasteiger partial charge in [-0.15, -0.1) is 0 Å². The van der Waals surface area contributed by atoms with Crippen LogP contribution in [0.5, 0.6) is 5.75 Å². The lowest BCUT2D eigenvalue weighted by atomic mass is 10.2. The van der Waals surface area contributed by atoms with Crippen molar-refractivity contribution >= 4 is 27.6 Å². The molecule has 9 heteroatoms. The lowest BCUT2D eigenvalue weighted by Gasteiger charge is -2.27. The SMILES string of the molecule is CCOc1ccc(NC(=O)COC(=O)C(C)C)cc1S(=O)(=O)N1CCCCC1. The first-order chi connectivity index (χ1) is 13.3. The van der Waals surface area contributed by atoms with Crippen LogP contribution in [-0.4, -0.2) is 50.9 Å². The van der Waals surface area contributed by atoms with Gasteiger partial charge >= 0.3 is 5.97 Å². The van der Waals surface area contributed by atoms with E-state index in [1.54, 1.807) is 26.8 Å². The standard InChI is InChI=1S/C19H28N2O6S/c1-4-26-16-9-8-15(20-18(22)13-27-19(23)14(2)3)12-17(16)28(24,25)21-10-6-5-7-11-21/h8-9,12,14H,4-7,10-11,13H2,1-3H3,(H,20,22). The first-order valence-corrected chi connectivity index (χ1v) is 10.9. The van der Waals surface area contributed by atoms with E-state index in [2.05, 4.69) is 5.32 Å². The van der Waals surface area contributed by atoms with Gasteiger partial charge in [-0.3, -0.25) is 9.59 Å². The molecule has 1 fully saturated rings. The molecule has 1 amide bonds. The summed E-state index contributed by atoms with van der Waals surface area (Å²) in [6.45, 7) is 5.94. The lowest BCUT2D eigenvalue weighted by molar-refractivity contribution is -0.150. The number of hydrogen-bond acceptors (Lipinski definition) is 6. The number of rotatable bonds is 8. The first-order valence-electron chi connectivity index (χ1n) is 9.49. The number of hydrogen-bond donors (Lipinski definition) is 1. The number of esters is 1. The number of amides is 1. The number of nitrogens with zero attached hydrogens (tertiary/aromatic N) is 1. The molecule has 8 nitrogen and oxygen atoms in total. The van der Waals surface area contributed by atoms with Crippen molar-refractivity contribution in [1.82, 2.24) is 4.31 Å². The fourth-order valence-electron chi connectivity index (χ4n) is 2.81. The van der Waals surface area contributed by atoms with Gasteiger partial charge in [-0.1, -0.05) is 20.3 Å². The largest absolute Gasteiger partial charge is 0.492 e. The highest BCUT2D eigenvalue weighted by molar-refractivity contribution is 7.89. The number of piperidine rings is 1. The van der Waals surface area contributed by atoms with Crippen molar-refractivity contribution in [3.8, 4) is 5.75 Å².